The van der Waals surface area contributed by atoms with Crippen molar-refractivity contribution < 1.29 is 13.2 Å². The van der Waals surface area contributed by atoms with Crippen LogP contribution in [0.3, 0.4) is 0 Å². The number of hydrogen-bond acceptors (Lipinski definition) is 3. The fourth-order valence-electron chi connectivity index (χ4n) is 1.94. The minimum absolute atomic E-state index is 0.196. The van der Waals surface area contributed by atoms with Crippen LogP contribution < -0.4 is 5.32 Å². The Hall–Kier alpha value is -1.76. The highest BCUT2D eigenvalue weighted by molar-refractivity contribution is 6.31. The lowest BCUT2D eigenvalue weighted by molar-refractivity contribution is -0.141. The molecule has 0 saturated heterocycles. The highest BCUT2D eigenvalue weighted by Gasteiger charge is 2.34. The molecule has 0 bridgehead atoms. The second-order valence-corrected chi connectivity index (χ2v) is 6.37. The summed E-state index contributed by atoms with van der Waals surface area (Å²) in [5, 5.41) is 6.79. The van der Waals surface area contributed by atoms with Gasteiger partial charge < -0.3 is 5.32 Å². The number of aromatic nitrogens is 3. The number of nitrogens with zero attached hydrogens (tertiary/aromatic N) is 3. The van der Waals surface area contributed by atoms with Gasteiger partial charge in [0.05, 0.1) is 5.02 Å². The molecule has 22 heavy (non-hydrogen) atoms. The van der Waals surface area contributed by atoms with Crippen molar-refractivity contribution in [2.24, 2.45) is 7.05 Å². The predicted molar refractivity (Wildman–Crippen MR) is 79.4 cm³/mol. The standard InChI is InChI=1S/C14H16ClF3N4/c1-13(2,3)8-5-11(19-7-9(8)15)20-12-6-10(14(16,17)18)21-22(12)4/h5-7H,1-4H3,(H,19,20). The Morgan fingerprint density at radius 3 is 2.32 bits per heavy atom. The zero-order valence-corrected chi connectivity index (χ0v) is 13.3. The van der Waals surface area contributed by atoms with E-state index >= 15 is 0 Å². The Morgan fingerprint density at radius 2 is 1.82 bits per heavy atom. The third-order valence-corrected chi connectivity index (χ3v) is 3.39. The average molecular weight is 333 g/mol. The molecular weight excluding hydrogens is 317 g/mol. The van der Waals surface area contributed by atoms with Gasteiger partial charge in [-0.05, 0) is 17.0 Å². The van der Waals surface area contributed by atoms with Crippen LogP contribution in [-0.2, 0) is 18.6 Å². The van der Waals surface area contributed by atoms with E-state index in [1.54, 1.807) is 6.07 Å². The molecule has 0 atom stereocenters. The normalized spacial score (nSPS) is 12.5. The molecule has 120 valence electrons. The van der Waals surface area contributed by atoms with Crippen molar-refractivity contribution in [2.75, 3.05) is 5.32 Å². The van der Waals surface area contributed by atoms with Crippen LogP contribution in [0, 0.1) is 0 Å². The Balaban J connectivity index is 2.34. The van der Waals surface area contributed by atoms with Crippen molar-refractivity contribution in [3.63, 3.8) is 0 Å². The molecule has 8 heteroatoms. The van der Waals surface area contributed by atoms with Crippen LogP contribution in [-0.4, -0.2) is 14.8 Å². The summed E-state index contributed by atoms with van der Waals surface area (Å²) in [6.45, 7) is 5.97. The Kier molecular flexibility index (Phi) is 4.12. The molecule has 1 N–H and O–H groups in total. The number of rotatable bonds is 2. The first-order valence-electron chi connectivity index (χ1n) is 6.53. The summed E-state index contributed by atoms with van der Waals surface area (Å²) in [6, 6.07) is 2.66. The molecule has 4 nitrogen and oxygen atoms in total. The van der Waals surface area contributed by atoms with E-state index in [1.807, 2.05) is 20.8 Å². The minimum Gasteiger partial charge on any atom is -0.325 e. The van der Waals surface area contributed by atoms with Crippen LogP contribution in [0.1, 0.15) is 32.0 Å². The maximum Gasteiger partial charge on any atom is 0.435 e. The summed E-state index contributed by atoms with van der Waals surface area (Å²) in [5.74, 6) is 0.605. The third kappa shape index (κ3) is 3.52. The van der Waals surface area contributed by atoms with Gasteiger partial charge in [-0.3, -0.25) is 4.68 Å². The van der Waals surface area contributed by atoms with Gasteiger partial charge in [-0.25, -0.2) is 4.98 Å². The molecule has 0 unspecified atom stereocenters. The van der Waals surface area contributed by atoms with E-state index in [-0.39, 0.29) is 11.2 Å². The fourth-order valence-corrected chi connectivity index (χ4v) is 2.32. The van der Waals surface area contributed by atoms with Crippen LogP contribution >= 0.6 is 11.6 Å². The monoisotopic (exact) mass is 332 g/mol. The van der Waals surface area contributed by atoms with E-state index in [0.29, 0.717) is 10.8 Å². The zero-order chi connectivity index (χ0) is 16.7. The molecular formula is C14H16ClF3N4. The van der Waals surface area contributed by atoms with E-state index in [4.69, 9.17) is 11.6 Å². The van der Waals surface area contributed by atoms with Crippen LogP contribution in [0.4, 0.5) is 24.8 Å². The molecule has 0 radical (unpaired) electrons. The highest BCUT2D eigenvalue weighted by atomic mass is 35.5. The number of alkyl halides is 3. The van der Waals surface area contributed by atoms with E-state index in [2.05, 4.69) is 15.4 Å². The van der Waals surface area contributed by atoms with Gasteiger partial charge in [-0.15, -0.1) is 0 Å². The van der Waals surface area contributed by atoms with Gasteiger partial charge in [-0.2, -0.15) is 18.3 Å². The van der Waals surface area contributed by atoms with Crippen LogP contribution in [0.15, 0.2) is 18.3 Å². The molecule has 2 aromatic rings. The van der Waals surface area contributed by atoms with Crippen molar-refractivity contribution >= 4 is 23.2 Å². The number of anilines is 2. The predicted octanol–water partition coefficient (Wildman–Crippen LogP) is 4.53. The molecule has 2 heterocycles. The molecule has 0 amide bonds. The van der Waals surface area contributed by atoms with Crippen LogP contribution in [0.2, 0.25) is 5.02 Å². The summed E-state index contributed by atoms with van der Waals surface area (Å²) in [4.78, 5) is 4.09. The van der Waals surface area contributed by atoms with Crippen molar-refractivity contribution in [3.8, 4) is 0 Å². The summed E-state index contributed by atoms with van der Waals surface area (Å²) in [5.41, 5.74) is -0.313. The second kappa shape index (κ2) is 5.46. The molecule has 0 spiro atoms. The maximum atomic E-state index is 12.7. The topological polar surface area (TPSA) is 42.7 Å². The van der Waals surface area contributed by atoms with Crippen LogP contribution in [0.5, 0.6) is 0 Å². The SMILES string of the molecule is Cn1nc(C(F)(F)F)cc1Nc1cc(C(C)(C)C)c(Cl)cn1. The van der Waals surface area contributed by atoms with E-state index in [1.165, 1.54) is 13.2 Å². The first-order chi connectivity index (χ1) is 9.98. The summed E-state index contributed by atoms with van der Waals surface area (Å²) in [6.07, 6.45) is -3.01. The Morgan fingerprint density at radius 1 is 1.18 bits per heavy atom. The van der Waals surface area contributed by atoms with Crippen molar-refractivity contribution in [2.45, 2.75) is 32.4 Å². The van der Waals surface area contributed by atoms with Gasteiger partial charge in [0.1, 0.15) is 11.6 Å². The third-order valence-electron chi connectivity index (χ3n) is 3.09. The number of hydrogen-bond donors (Lipinski definition) is 1. The molecule has 0 saturated carbocycles. The maximum absolute atomic E-state index is 12.7. The minimum atomic E-state index is -4.48. The smallest absolute Gasteiger partial charge is 0.325 e. The van der Waals surface area contributed by atoms with Crippen molar-refractivity contribution in [3.05, 3.63) is 34.6 Å². The lowest BCUT2D eigenvalue weighted by atomic mass is 9.87. The van der Waals surface area contributed by atoms with Crippen molar-refractivity contribution in [1.29, 1.82) is 0 Å². The number of halogens is 4. The number of pyridine rings is 1. The molecule has 2 aromatic heterocycles. The highest BCUT2D eigenvalue weighted by Crippen LogP contribution is 2.33. The Labute approximate surface area is 131 Å². The van der Waals surface area contributed by atoms with Gasteiger partial charge in [0.2, 0.25) is 0 Å². The lowest BCUT2D eigenvalue weighted by Crippen LogP contribution is -2.13. The first kappa shape index (κ1) is 16.6. The summed E-state index contributed by atoms with van der Waals surface area (Å²) in [7, 11) is 1.43. The van der Waals surface area contributed by atoms with Gasteiger partial charge in [0.25, 0.3) is 0 Å². The lowest BCUT2D eigenvalue weighted by Gasteiger charge is -2.21. The van der Waals surface area contributed by atoms with E-state index < -0.39 is 11.9 Å². The van der Waals surface area contributed by atoms with Gasteiger partial charge in [-0.1, -0.05) is 32.4 Å². The zero-order valence-electron chi connectivity index (χ0n) is 12.6. The largest absolute Gasteiger partial charge is 0.435 e. The van der Waals surface area contributed by atoms with E-state index in [9.17, 15) is 13.2 Å². The van der Waals surface area contributed by atoms with Crippen molar-refractivity contribution in [1.82, 2.24) is 14.8 Å². The first-order valence-corrected chi connectivity index (χ1v) is 6.90. The average Bonchev–Trinajstić information content (AvgIpc) is 2.72. The molecule has 0 aromatic carbocycles. The fraction of sp³-hybridized carbons (Fsp3) is 0.429. The quantitative estimate of drug-likeness (QED) is 0.878. The van der Waals surface area contributed by atoms with Gasteiger partial charge in [0.15, 0.2) is 5.69 Å². The van der Waals surface area contributed by atoms with Gasteiger partial charge >= 0.3 is 6.18 Å². The second-order valence-electron chi connectivity index (χ2n) is 5.96. The molecule has 0 aliphatic heterocycles. The molecule has 0 aliphatic carbocycles. The molecule has 0 fully saturated rings. The van der Waals surface area contributed by atoms with Gasteiger partial charge in [0, 0.05) is 19.3 Å². The summed E-state index contributed by atoms with van der Waals surface area (Å²) < 4.78 is 39.1. The van der Waals surface area contributed by atoms with E-state index in [0.717, 1.165) is 16.3 Å². The molecule has 2 rings (SSSR count). The Bertz CT molecular complexity index is 686. The number of aryl methyl sites for hydroxylation is 1. The van der Waals surface area contributed by atoms with Crippen LogP contribution in [0.25, 0.3) is 0 Å². The summed E-state index contributed by atoms with van der Waals surface area (Å²) >= 11 is 6.12. The number of nitrogens with one attached hydrogen (secondary N) is 1. The molecule has 0 aliphatic rings.